The Morgan fingerprint density at radius 3 is 2.39 bits per heavy atom. The van der Waals surface area contributed by atoms with E-state index in [0.717, 1.165) is 17.7 Å². The molecular formula is C23H16F2N4O4. The highest BCUT2D eigenvalue weighted by molar-refractivity contribution is 6.01. The molecule has 166 valence electrons. The largest absolute Gasteiger partial charge is 0.478 e. The third kappa shape index (κ3) is 4.85. The second-order valence-corrected chi connectivity index (χ2v) is 7.14. The van der Waals surface area contributed by atoms with E-state index in [0.29, 0.717) is 23.6 Å². The van der Waals surface area contributed by atoms with E-state index >= 15 is 0 Å². The highest BCUT2D eigenvalue weighted by atomic mass is 19.1. The van der Waals surface area contributed by atoms with Crippen molar-refractivity contribution in [2.24, 2.45) is 0 Å². The van der Waals surface area contributed by atoms with Crippen LogP contribution in [0.4, 0.5) is 25.0 Å². The fraction of sp³-hybridized carbons (Fsp3) is 0.0435. The van der Waals surface area contributed by atoms with E-state index in [2.05, 4.69) is 20.8 Å². The van der Waals surface area contributed by atoms with Crippen molar-refractivity contribution in [1.29, 1.82) is 0 Å². The lowest BCUT2D eigenvalue weighted by Crippen LogP contribution is -2.20. The third-order valence-corrected chi connectivity index (χ3v) is 4.88. The number of aromatic carboxylic acids is 1. The summed E-state index contributed by atoms with van der Waals surface area (Å²) in [5, 5.41) is 21.1. The van der Waals surface area contributed by atoms with Gasteiger partial charge in [-0.25, -0.2) is 23.5 Å². The van der Waals surface area contributed by atoms with E-state index in [1.165, 1.54) is 18.2 Å². The number of anilines is 2. The van der Waals surface area contributed by atoms with Gasteiger partial charge in [0.1, 0.15) is 11.6 Å². The minimum atomic E-state index is -1.03. The molecule has 0 bridgehead atoms. The lowest BCUT2D eigenvalue weighted by Gasteiger charge is -2.10. The Hall–Kier alpha value is -4.60. The highest BCUT2D eigenvalue weighted by Crippen LogP contribution is 2.21. The number of aromatic nitrogens is 2. The maximum atomic E-state index is 13.7. The standard InChI is InChI=1S/C23H16F2N4O4/c24-14-5-8-19(18(25)10-14)27-23(33)26-15-6-7-16-17(11-15)21(30)29-28-20(16)9-12-1-3-13(4-2-12)22(31)32/h1-8,10-11H,9H2,(H,29,30)(H,31,32)(H2,26,27,33). The van der Waals surface area contributed by atoms with Gasteiger partial charge in [0.05, 0.1) is 22.3 Å². The van der Waals surface area contributed by atoms with Crippen molar-refractivity contribution < 1.29 is 23.5 Å². The lowest BCUT2D eigenvalue weighted by atomic mass is 10.0. The fourth-order valence-corrected chi connectivity index (χ4v) is 3.27. The van der Waals surface area contributed by atoms with Crippen molar-refractivity contribution in [1.82, 2.24) is 10.2 Å². The zero-order valence-electron chi connectivity index (χ0n) is 16.9. The highest BCUT2D eigenvalue weighted by Gasteiger charge is 2.12. The Balaban J connectivity index is 1.56. The molecule has 10 heteroatoms. The normalized spacial score (nSPS) is 10.7. The first-order valence-corrected chi connectivity index (χ1v) is 9.67. The van der Waals surface area contributed by atoms with Crippen LogP contribution in [0.5, 0.6) is 0 Å². The molecule has 0 aliphatic carbocycles. The molecule has 1 aromatic heterocycles. The number of rotatable bonds is 5. The Bertz CT molecular complexity index is 1440. The first-order valence-electron chi connectivity index (χ1n) is 9.67. The number of hydrogen-bond donors (Lipinski definition) is 4. The molecular weight excluding hydrogens is 434 g/mol. The molecule has 4 aromatic rings. The number of fused-ring (bicyclic) bond motifs is 1. The van der Waals surface area contributed by atoms with Crippen LogP contribution in [-0.2, 0) is 6.42 Å². The summed E-state index contributed by atoms with van der Waals surface area (Å²) in [5.41, 5.74) is 1.11. The van der Waals surface area contributed by atoms with Gasteiger partial charge in [-0.1, -0.05) is 18.2 Å². The molecule has 8 nitrogen and oxygen atoms in total. The molecule has 0 unspecified atom stereocenters. The minimum absolute atomic E-state index is 0.160. The Labute approximate surface area is 184 Å². The smallest absolute Gasteiger partial charge is 0.335 e. The molecule has 33 heavy (non-hydrogen) atoms. The monoisotopic (exact) mass is 450 g/mol. The van der Waals surface area contributed by atoms with Crippen LogP contribution < -0.4 is 16.2 Å². The van der Waals surface area contributed by atoms with Gasteiger partial charge in [0.25, 0.3) is 5.56 Å². The van der Waals surface area contributed by atoms with E-state index in [1.54, 1.807) is 24.3 Å². The Morgan fingerprint density at radius 1 is 0.939 bits per heavy atom. The molecule has 1 heterocycles. The van der Waals surface area contributed by atoms with E-state index in [1.807, 2.05) is 0 Å². The molecule has 4 rings (SSSR count). The first-order chi connectivity index (χ1) is 15.8. The summed E-state index contributed by atoms with van der Waals surface area (Å²) < 4.78 is 26.7. The van der Waals surface area contributed by atoms with Crippen molar-refractivity contribution in [3.8, 4) is 0 Å². The average molecular weight is 450 g/mol. The van der Waals surface area contributed by atoms with Crippen LogP contribution in [0.2, 0.25) is 0 Å². The molecule has 2 amide bonds. The van der Waals surface area contributed by atoms with Crippen molar-refractivity contribution in [2.75, 3.05) is 10.6 Å². The molecule has 0 spiro atoms. The van der Waals surface area contributed by atoms with Crippen LogP contribution in [0.25, 0.3) is 10.8 Å². The maximum Gasteiger partial charge on any atom is 0.335 e. The number of carbonyl (C=O) groups is 2. The van der Waals surface area contributed by atoms with Crippen LogP contribution in [0.3, 0.4) is 0 Å². The number of aromatic amines is 1. The molecule has 0 saturated carbocycles. The van der Waals surface area contributed by atoms with Gasteiger partial charge in [-0.2, -0.15) is 5.10 Å². The second kappa shape index (κ2) is 8.87. The molecule has 0 aliphatic rings. The molecule has 0 saturated heterocycles. The van der Waals surface area contributed by atoms with Crippen LogP contribution in [-0.4, -0.2) is 27.3 Å². The zero-order chi connectivity index (χ0) is 23.5. The van der Waals surface area contributed by atoms with Crippen LogP contribution in [0.1, 0.15) is 21.6 Å². The summed E-state index contributed by atoms with van der Waals surface area (Å²) >= 11 is 0. The van der Waals surface area contributed by atoms with E-state index < -0.39 is 29.2 Å². The predicted octanol–water partition coefficient (Wildman–Crippen LogP) is 4.13. The number of halogens is 2. The third-order valence-electron chi connectivity index (χ3n) is 4.88. The second-order valence-electron chi connectivity index (χ2n) is 7.14. The summed E-state index contributed by atoms with van der Waals surface area (Å²) in [6, 6.07) is 12.9. The van der Waals surface area contributed by atoms with Gasteiger partial charge in [-0.3, -0.25) is 4.79 Å². The SMILES string of the molecule is O=C(Nc1ccc2c(Cc3ccc(C(=O)O)cc3)n[nH]c(=O)c2c1)Nc1ccc(F)cc1F. The quantitative estimate of drug-likeness (QED) is 0.364. The number of carboxylic acids is 1. The summed E-state index contributed by atoms with van der Waals surface area (Å²) in [4.78, 5) is 35.5. The molecule has 0 atom stereocenters. The van der Waals surface area contributed by atoms with Crippen LogP contribution in [0, 0.1) is 11.6 Å². The lowest BCUT2D eigenvalue weighted by molar-refractivity contribution is 0.0697. The molecule has 4 N–H and O–H groups in total. The predicted molar refractivity (Wildman–Crippen MR) is 118 cm³/mol. The molecule has 3 aromatic carbocycles. The van der Waals surface area contributed by atoms with Gasteiger partial charge >= 0.3 is 12.0 Å². The van der Waals surface area contributed by atoms with E-state index in [4.69, 9.17) is 5.11 Å². The summed E-state index contributed by atoms with van der Waals surface area (Å²) in [7, 11) is 0. The molecule has 0 radical (unpaired) electrons. The number of carboxylic acid groups (broad SMARTS) is 1. The van der Waals surface area contributed by atoms with Crippen molar-refractivity contribution in [3.63, 3.8) is 0 Å². The number of H-pyrrole nitrogens is 1. The van der Waals surface area contributed by atoms with E-state index in [9.17, 15) is 23.2 Å². The van der Waals surface area contributed by atoms with Gasteiger partial charge in [0.2, 0.25) is 0 Å². The number of nitrogens with one attached hydrogen (secondary N) is 3. The molecule has 0 fully saturated rings. The number of benzene rings is 3. The van der Waals surface area contributed by atoms with Crippen LogP contribution in [0.15, 0.2) is 65.5 Å². The first kappa shape index (κ1) is 21.6. The number of amides is 2. The van der Waals surface area contributed by atoms with Gasteiger partial charge in [0, 0.05) is 23.6 Å². The van der Waals surface area contributed by atoms with Gasteiger partial charge in [0.15, 0.2) is 0 Å². The van der Waals surface area contributed by atoms with E-state index in [-0.39, 0.29) is 22.3 Å². The topological polar surface area (TPSA) is 124 Å². The Kier molecular flexibility index (Phi) is 5.81. The average Bonchev–Trinajstić information content (AvgIpc) is 2.78. The van der Waals surface area contributed by atoms with Gasteiger partial charge in [-0.15, -0.1) is 0 Å². The van der Waals surface area contributed by atoms with Crippen molar-refractivity contribution in [3.05, 3.63) is 99.5 Å². The summed E-state index contributed by atoms with van der Waals surface area (Å²) in [6.07, 6.45) is 0.338. The van der Waals surface area contributed by atoms with Gasteiger partial charge < -0.3 is 15.7 Å². The van der Waals surface area contributed by atoms with Crippen LogP contribution >= 0.6 is 0 Å². The zero-order valence-corrected chi connectivity index (χ0v) is 16.9. The maximum absolute atomic E-state index is 13.7. The number of carbonyl (C=O) groups excluding carboxylic acids is 1. The van der Waals surface area contributed by atoms with Gasteiger partial charge in [-0.05, 0) is 42.0 Å². The minimum Gasteiger partial charge on any atom is -0.478 e. The number of urea groups is 1. The Morgan fingerprint density at radius 2 is 1.70 bits per heavy atom. The summed E-state index contributed by atoms with van der Waals surface area (Å²) in [6.45, 7) is 0. The summed E-state index contributed by atoms with van der Waals surface area (Å²) in [5.74, 6) is -2.72. The number of nitrogens with zero attached hydrogens (tertiary/aromatic N) is 1. The molecule has 0 aliphatic heterocycles. The van der Waals surface area contributed by atoms with Crippen molar-refractivity contribution >= 4 is 34.1 Å². The number of hydrogen-bond acceptors (Lipinski definition) is 4. The fourth-order valence-electron chi connectivity index (χ4n) is 3.27. The van der Waals surface area contributed by atoms with Crippen molar-refractivity contribution in [2.45, 2.75) is 6.42 Å².